The second-order valence-corrected chi connectivity index (χ2v) is 9.26. The van der Waals surface area contributed by atoms with Gasteiger partial charge in [-0.3, -0.25) is 9.59 Å². The number of amides is 3. The Labute approximate surface area is 236 Å². The largest absolute Gasteiger partial charge is 0.465 e. The number of esters is 1. The van der Waals surface area contributed by atoms with Crippen LogP contribution in [0, 0.1) is 0 Å². The summed E-state index contributed by atoms with van der Waals surface area (Å²) in [6.07, 6.45) is -0.729. The summed E-state index contributed by atoms with van der Waals surface area (Å²) in [4.78, 5) is 50.2. The quantitative estimate of drug-likeness (QED) is 0.260. The van der Waals surface area contributed by atoms with Crippen LogP contribution in [0.1, 0.15) is 37.8 Å². The summed E-state index contributed by atoms with van der Waals surface area (Å²) in [5.74, 6) is -1.78. The van der Waals surface area contributed by atoms with E-state index in [0.717, 1.165) is 22.3 Å². The number of hydrogen-bond donors (Lipinski definition) is 3. The van der Waals surface area contributed by atoms with Crippen LogP contribution in [0.15, 0.2) is 97.1 Å². The third-order valence-electron chi connectivity index (χ3n) is 6.76. The van der Waals surface area contributed by atoms with Crippen molar-refractivity contribution in [2.75, 3.05) is 30.9 Å². The molecule has 0 spiro atoms. The van der Waals surface area contributed by atoms with Gasteiger partial charge in [0.1, 0.15) is 13.2 Å². The minimum Gasteiger partial charge on any atom is -0.465 e. The maximum Gasteiger partial charge on any atom is 0.407 e. The van der Waals surface area contributed by atoms with E-state index < -0.39 is 23.9 Å². The van der Waals surface area contributed by atoms with E-state index in [1.165, 1.54) is 19.2 Å². The molecule has 0 bridgehead atoms. The number of ether oxygens (including phenoxy) is 2. The fourth-order valence-electron chi connectivity index (χ4n) is 4.86. The first kappa shape index (κ1) is 27.1. The van der Waals surface area contributed by atoms with Crippen LogP contribution in [0.3, 0.4) is 0 Å². The first-order chi connectivity index (χ1) is 20.0. The molecule has 4 aromatic carbocycles. The third kappa shape index (κ3) is 5.94. The number of methoxy groups -OCH3 is 1. The number of hydrogen-bond acceptors (Lipinski definition) is 6. The van der Waals surface area contributed by atoms with Crippen LogP contribution < -0.4 is 16.0 Å². The van der Waals surface area contributed by atoms with Crippen molar-refractivity contribution in [3.63, 3.8) is 0 Å². The molecule has 0 aliphatic heterocycles. The van der Waals surface area contributed by atoms with E-state index in [-0.39, 0.29) is 41.6 Å². The number of benzene rings is 4. The summed E-state index contributed by atoms with van der Waals surface area (Å²) >= 11 is 0. The molecule has 3 amide bonds. The summed E-state index contributed by atoms with van der Waals surface area (Å²) in [5.41, 5.74) is 5.27. The lowest BCUT2D eigenvalue weighted by molar-refractivity contribution is -0.115. The van der Waals surface area contributed by atoms with Crippen LogP contribution in [0.25, 0.3) is 11.1 Å². The lowest BCUT2D eigenvalue weighted by atomic mass is 9.98. The molecule has 3 N–H and O–H groups in total. The maximum atomic E-state index is 13.0. The highest BCUT2D eigenvalue weighted by atomic mass is 16.5. The monoisotopic (exact) mass is 549 g/mol. The normalized spacial score (nSPS) is 11.5. The predicted molar refractivity (Wildman–Crippen MR) is 154 cm³/mol. The van der Waals surface area contributed by atoms with Crippen LogP contribution in [-0.2, 0) is 14.3 Å². The van der Waals surface area contributed by atoms with Crippen molar-refractivity contribution in [3.05, 3.63) is 119 Å². The van der Waals surface area contributed by atoms with E-state index in [4.69, 9.17) is 9.47 Å². The van der Waals surface area contributed by atoms with Crippen molar-refractivity contribution in [2.24, 2.45) is 0 Å². The van der Waals surface area contributed by atoms with Gasteiger partial charge in [-0.2, -0.15) is 0 Å². The molecule has 1 aliphatic carbocycles. The average molecular weight is 550 g/mol. The summed E-state index contributed by atoms with van der Waals surface area (Å²) in [5, 5.41) is 7.79. The number of nitrogens with one attached hydrogen (secondary N) is 3. The molecule has 4 aromatic rings. The Morgan fingerprint density at radius 1 is 0.683 bits per heavy atom. The van der Waals surface area contributed by atoms with Gasteiger partial charge in [-0.1, -0.05) is 72.8 Å². The molecule has 0 saturated carbocycles. The summed E-state index contributed by atoms with van der Waals surface area (Å²) < 4.78 is 10.2. The molecule has 41 heavy (non-hydrogen) atoms. The highest BCUT2D eigenvalue weighted by Gasteiger charge is 2.29. The molecule has 0 aromatic heterocycles. The molecule has 9 heteroatoms. The average Bonchev–Trinajstić information content (AvgIpc) is 3.32. The van der Waals surface area contributed by atoms with E-state index in [9.17, 15) is 19.2 Å². The number of rotatable bonds is 8. The van der Waals surface area contributed by atoms with Crippen LogP contribution in [-0.4, -0.2) is 44.1 Å². The number of anilines is 2. The molecule has 0 unspecified atom stereocenters. The SMILES string of the molecule is COC(=O)c1ccccc1NC(=O)c1ccccc1NC(=O)CNC(=O)OCC1c2ccccc2-c2ccccc21. The summed E-state index contributed by atoms with van der Waals surface area (Å²) in [7, 11) is 1.25. The van der Waals surface area contributed by atoms with E-state index in [1.807, 2.05) is 36.4 Å². The first-order valence-electron chi connectivity index (χ1n) is 12.9. The zero-order valence-electron chi connectivity index (χ0n) is 22.2. The van der Waals surface area contributed by atoms with Gasteiger partial charge in [-0.05, 0) is 46.5 Å². The molecular formula is C32H27N3O6. The Morgan fingerprint density at radius 2 is 1.22 bits per heavy atom. The van der Waals surface area contributed by atoms with Crippen molar-refractivity contribution < 1.29 is 28.7 Å². The Bertz CT molecular complexity index is 1590. The lowest BCUT2D eigenvalue weighted by Crippen LogP contribution is -2.34. The Hall–Kier alpha value is -5.44. The second-order valence-electron chi connectivity index (χ2n) is 9.26. The number of alkyl carbamates (subject to hydrolysis) is 1. The van der Waals surface area contributed by atoms with Crippen LogP contribution >= 0.6 is 0 Å². The highest BCUT2D eigenvalue weighted by molar-refractivity contribution is 6.12. The van der Waals surface area contributed by atoms with E-state index in [1.54, 1.807) is 36.4 Å². The smallest absolute Gasteiger partial charge is 0.407 e. The molecule has 0 heterocycles. The highest BCUT2D eigenvalue weighted by Crippen LogP contribution is 2.44. The lowest BCUT2D eigenvalue weighted by Gasteiger charge is -2.15. The predicted octanol–water partition coefficient (Wildman–Crippen LogP) is 5.20. The van der Waals surface area contributed by atoms with Gasteiger partial charge < -0.3 is 25.4 Å². The summed E-state index contributed by atoms with van der Waals surface area (Å²) in [6.45, 7) is -0.241. The van der Waals surface area contributed by atoms with Crippen LogP contribution in [0.2, 0.25) is 0 Å². The van der Waals surface area contributed by atoms with Gasteiger partial charge in [0.15, 0.2) is 0 Å². The second kappa shape index (κ2) is 12.2. The molecule has 0 fully saturated rings. The van der Waals surface area contributed by atoms with Gasteiger partial charge in [0.2, 0.25) is 5.91 Å². The van der Waals surface area contributed by atoms with E-state index in [0.29, 0.717) is 0 Å². The van der Waals surface area contributed by atoms with Gasteiger partial charge in [0.05, 0.1) is 29.6 Å². The number of fused-ring (bicyclic) bond motifs is 3. The molecule has 5 rings (SSSR count). The van der Waals surface area contributed by atoms with E-state index in [2.05, 4.69) is 28.1 Å². The van der Waals surface area contributed by atoms with Gasteiger partial charge in [0.25, 0.3) is 5.91 Å². The Kier molecular flexibility index (Phi) is 8.05. The van der Waals surface area contributed by atoms with Crippen molar-refractivity contribution in [1.82, 2.24) is 5.32 Å². The topological polar surface area (TPSA) is 123 Å². The molecule has 0 saturated heterocycles. The molecular weight excluding hydrogens is 522 g/mol. The van der Waals surface area contributed by atoms with Crippen LogP contribution in [0.4, 0.5) is 16.2 Å². The summed E-state index contributed by atoms with van der Waals surface area (Å²) in [6, 6.07) is 28.8. The van der Waals surface area contributed by atoms with Gasteiger partial charge in [0, 0.05) is 5.92 Å². The number of carbonyl (C=O) groups is 4. The fourth-order valence-corrected chi connectivity index (χ4v) is 4.86. The minimum atomic E-state index is -0.729. The van der Waals surface area contributed by atoms with E-state index >= 15 is 0 Å². The van der Waals surface area contributed by atoms with Gasteiger partial charge >= 0.3 is 12.1 Å². The van der Waals surface area contributed by atoms with Crippen LogP contribution in [0.5, 0.6) is 0 Å². The first-order valence-corrected chi connectivity index (χ1v) is 12.9. The van der Waals surface area contributed by atoms with Crippen molar-refractivity contribution in [1.29, 1.82) is 0 Å². The van der Waals surface area contributed by atoms with Gasteiger partial charge in [-0.25, -0.2) is 9.59 Å². The molecule has 0 atom stereocenters. The molecule has 9 nitrogen and oxygen atoms in total. The zero-order chi connectivity index (χ0) is 28.8. The van der Waals surface area contributed by atoms with Crippen molar-refractivity contribution in [2.45, 2.75) is 5.92 Å². The molecule has 1 aliphatic rings. The molecule has 206 valence electrons. The fraction of sp³-hybridized carbons (Fsp3) is 0.125. The molecule has 0 radical (unpaired) electrons. The standard InChI is InChI=1S/C32H27N3O6/c1-40-31(38)25-15-7-9-17-28(25)35-30(37)24-14-6-8-16-27(24)34-29(36)18-33-32(39)41-19-26-22-12-4-2-10-20(22)21-11-3-5-13-23(21)26/h2-17,26H,18-19H2,1H3,(H,33,39)(H,34,36)(H,35,37). The Balaban J connectivity index is 1.17. The van der Waals surface area contributed by atoms with Crippen molar-refractivity contribution in [3.8, 4) is 11.1 Å². The van der Waals surface area contributed by atoms with Gasteiger partial charge in [-0.15, -0.1) is 0 Å². The number of carbonyl (C=O) groups excluding carboxylic acids is 4. The Morgan fingerprint density at radius 3 is 1.85 bits per heavy atom. The zero-order valence-corrected chi connectivity index (χ0v) is 22.2. The maximum absolute atomic E-state index is 13.0. The minimum absolute atomic E-state index is 0.100. The number of para-hydroxylation sites is 2. The van der Waals surface area contributed by atoms with Crippen molar-refractivity contribution >= 4 is 35.3 Å². The third-order valence-corrected chi connectivity index (χ3v) is 6.76.